The van der Waals surface area contributed by atoms with Gasteiger partial charge >= 0.3 is 6.18 Å². The maximum atomic E-state index is 14.0. The zero-order valence-electron chi connectivity index (χ0n) is 27.7. The van der Waals surface area contributed by atoms with Gasteiger partial charge in [-0.05, 0) is 82.9 Å². The van der Waals surface area contributed by atoms with Crippen molar-refractivity contribution in [3.63, 3.8) is 0 Å². The van der Waals surface area contributed by atoms with Crippen molar-refractivity contribution in [3.05, 3.63) is 64.2 Å². The number of carbonyl (C=O) groups excluding carboxylic acids is 1. The van der Waals surface area contributed by atoms with Gasteiger partial charge in [-0.3, -0.25) is 4.79 Å². The van der Waals surface area contributed by atoms with E-state index in [-0.39, 0.29) is 36.3 Å². The summed E-state index contributed by atoms with van der Waals surface area (Å²) in [6, 6.07) is 7.51. The second-order valence-electron chi connectivity index (χ2n) is 13.1. The first-order valence-electron chi connectivity index (χ1n) is 16.9. The maximum absolute atomic E-state index is 14.0. The number of carbonyl (C=O) groups is 1. The second kappa shape index (κ2) is 15.0. The van der Waals surface area contributed by atoms with Crippen molar-refractivity contribution in [2.75, 3.05) is 33.4 Å². The number of aryl methyl sites for hydroxylation is 2. The number of halogens is 3. The monoisotopic (exact) mass is 671 g/mol. The Labute approximate surface area is 278 Å². The average molecular weight is 672 g/mol. The Morgan fingerprint density at radius 2 is 1.83 bits per heavy atom. The third-order valence-electron chi connectivity index (χ3n) is 9.81. The molecule has 0 radical (unpaired) electrons. The molecule has 1 N–H and O–H groups in total. The molecule has 10 nitrogen and oxygen atoms in total. The van der Waals surface area contributed by atoms with E-state index in [1.165, 1.54) is 12.1 Å². The molecule has 3 saturated heterocycles. The SMILES string of the molecule is CO[C@@H]1COCC[C@@H]1NC1CCN(C(=O)c2nc(-c3cc(C)on3)nc(CC[C@H]3CCC[C@@H](c4ccc(C(F)(F)F)cc4)O3)c2C)CC1. The van der Waals surface area contributed by atoms with Crippen LogP contribution in [0.15, 0.2) is 34.9 Å². The first-order valence-corrected chi connectivity index (χ1v) is 16.9. The summed E-state index contributed by atoms with van der Waals surface area (Å²) in [5.74, 6) is 0.821. The summed E-state index contributed by atoms with van der Waals surface area (Å²) in [6.45, 7) is 6.19. The van der Waals surface area contributed by atoms with Crippen molar-refractivity contribution in [1.29, 1.82) is 0 Å². The van der Waals surface area contributed by atoms with Gasteiger partial charge in [0.25, 0.3) is 5.91 Å². The third-order valence-corrected chi connectivity index (χ3v) is 9.81. The van der Waals surface area contributed by atoms with Gasteiger partial charge in [-0.2, -0.15) is 13.2 Å². The number of ether oxygens (including phenoxy) is 3. The molecule has 3 aromatic rings. The van der Waals surface area contributed by atoms with Gasteiger partial charge in [0.15, 0.2) is 11.5 Å². The van der Waals surface area contributed by atoms with Crippen LogP contribution in [0.2, 0.25) is 0 Å². The Morgan fingerprint density at radius 3 is 2.52 bits per heavy atom. The minimum absolute atomic E-state index is 0.0220. The molecule has 3 fully saturated rings. The maximum Gasteiger partial charge on any atom is 0.416 e. The summed E-state index contributed by atoms with van der Waals surface area (Å²) >= 11 is 0. The molecule has 2 aromatic heterocycles. The number of methoxy groups -OCH3 is 1. The molecule has 6 rings (SSSR count). The van der Waals surface area contributed by atoms with E-state index in [0.717, 1.165) is 67.5 Å². The number of piperidine rings is 1. The molecule has 1 aromatic carbocycles. The van der Waals surface area contributed by atoms with Gasteiger partial charge in [-0.1, -0.05) is 17.3 Å². The van der Waals surface area contributed by atoms with E-state index >= 15 is 0 Å². The molecule has 5 heterocycles. The molecule has 4 atom stereocenters. The van der Waals surface area contributed by atoms with E-state index in [1.807, 2.05) is 11.8 Å². The number of aromatic nitrogens is 3. The number of hydrogen-bond donors (Lipinski definition) is 1. The highest BCUT2D eigenvalue weighted by molar-refractivity contribution is 5.94. The van der Waals surface area contributed by atoms with Crippen molar-refractivity contribution < 1.29 is 36.7 Å². The molecule has 3 aliphatic rings. The fourth-order valence-corrected chi connectivity index (χ4v) is 6.98. The van der Waals surface area contributed by atoms with Gasteiger partial charge in [0.1, 0.15) is 11.5 Å². The molecule has 48 heavy (non-hydrogen) atoms. The Kier molecular flexibility index (Phi) is 10.8. The Morgan fingerprint density at radius 1 is 1.06 bits per heavy atom. The fraction of sp³-hybridized carbons (Fsp3) is 0.600. The van der Waals surface area contributed by atoms with Crippen LogP contribution in [0.4, 0.5) is 13.2 Å². The highest BCUT2D eigenvalue weighted by Crippen LogP contribution is 2.35. The molecule has 13 heteroatoms. The zero-order chi connectivity index (χ0) is 33.8. The smallest absolute Gasteiger partial charge is 0.379 e. The summed E-state index contributed by atoms with van der Waals surface area (Å²) < 4.78 is 62.1. The lowest BCUT2D eigenvalue weighted by molar-refractivity contribution is -0.137. The van der Waals surface area contributed by atoms with E-state index in [4.69, 9.17) is 28.7 Å². The zero-order valence-corrected chi connectivity index (χ0v) is 27.7. The first kappa shape index (κ1) is 34.5. The molecule has 0 unspecified atom stereocenters. The number of nitrogens with zero attached hydrogens (tertiary/aromatic N) is 4. The molecule has 0 spiro atoms. The Hall–Kier alpha value is -3.39. The average Bonchev–Trinajstić information content (AvgIpc) is 3.54. The van der Waals surface area contributed by atoms with Gasteiger partial charge in [0.05, 0.1) is 30.5 Å². The number of amides is 1. The van der Waals surface area contributed by atoms with Crippen molar-refractivity contribution in [3.8, 4) is 11.5 Å². The Balaban J connectivity index is 1.13. The Bertz CT molecular complexity index is 1540. The molecule has 0 aliphatic carbocycles. The van der Waals surface area contributed by atoms with Crippen LogP contribution >= 0.6 is 0 Å². The summed E-state index contributed by atoms with van der Waals surface area (Å²) in [6.07, 6.45) is 1.49. The van der Waals surface area contributed by atoms with Crippen LogP contribution in [0.1, 0.15) is 89.7 Å². The van der Waals surface area contributed by atoms with Crippen LogP contribution < -0.4 is 5.32 Å². The molecular weight excluding hydrogens is 627 g/mol. The standard InChI is InChI=1S/C35H44F3N5O5/c1-21-19-29(42-48-21)33-40-27(12-11-26-5-4-6-30(47-26)23-7-9-24(10-8-23)35(36,37)38)22(2)32(41-33)34(44)43-16-13-25(14-17-43)39-28-15-18-46-20-31(28)45-3/h7-10,19,25-26,28,30-31,39H,4-6,11-18,20H2,1-3H3/t26-,28+,30+,31-/m1/s1. The van der Waals surface area contributed by atoms with Crippen LogP contribution in [-0.4, -0.2) is 83.6 Å². The number of benzene rings is 1. The van der Waals surface area contributed by atoms with Gasteiger partial charge in [-0.25, -0.2) is 9.97 Å². The molecule has 1 amide bonds. The fourth-order valence-electron chi connectivity index (χ4n) is 6.98. The van der Waals surface area contributed by atoms with Crippen LogP contribution in [-0.2, 0) is 26.8 Å². The van der Waals surface area contributed by atoms with Crippen molar-refractivity contribution in [2.45, 2.75) is 102 Å². The van der Waals surface area contributed by atoms with Crippen molar-refractivity contribution >= 4 is 5.91 Å². The highest BCUT2D eigenvalue weighted by atomic mass is 19.4. The topological polar surface area (TPSA) is 112 Å². The van der Waals surface area contributed by atoms with Crippen LogP contribution in [0.3, 0.4) is 0 Å². The molecular formula is C35H44F3N5O5. The van der Waals surface area contributed by atoms with E-state index in [0.29, 0.717) is 62.1 Å². The highest BCUT2D eigenvalue weighted by Gasteiger charge is 2.33. The van der Waals surface area contributed by atoms with Gasteiger partial charge < -0.3 is 29.0 Å². The molecule has 3 aliphatic heterocycles. The summed E-state index contributed by atoms with van der Waals surface area (Å²) in [5.41, 5.74) is 2.37. The normalized spacial score (nSPS) is 24.2. The van der Waals surface area contributed by atoms with Gasteiger partial charge in [0.2, 0.25) is 0 Å². The lowest BCUT2D eigenvalue weighted by Crippen LogP contribution is -2.54. The summed E-state index contributed by atoms with van der Waals surface area (Å²) in [5, 5.41) is 7.85. The van der Waals surface area contributed by atoms with Crippen molar-refractivity contribution in [1.82, 2.24) is 25.3 Å². The van der Waals surface area contributed by atoms with Crippen LogP contribution in [0.5, 0.6) is 0 Å². The number of hydrogen-bond acceptors (Lipinski definition) is 9. The summed E-state index contributed by atoms with van der Waals surface area (Å²) in [7, 11) is 1.71. The molecule has 0 bridgehead atoms. The minimum Gasteiger partial charge on any atom is -0.379 e. The third kappa shape index (κ3) is 8.07. The number of nitrogens with one attached hydrogen (secondary N) is 1. The van der Waals surface area contributed by atoms with Crippen molar-refractivity contribution in [2.24, 2.45) is 0 Å². The molecule has 260 valence electrons. The lowest BCUT2D eigenvalue weighted by Gasteiger charge is -2.38. The van der Waals surface area contributed by atoms with Gasteiger partial charge in [-0.15, -0.1) is 0 Å². The number of alkyl halides is 3. The largest absolute Gasteiger partial charge is 0.416 e. The second-order valence-corrected chi connectivity index (χ2v) is 13.1. The van der Waals surface area contributed by atoms with E-state index in [1.54, 1.807) is 20.1 Å². The minimum atomic E-state index is -4.37. The van der Waals surface area contributed by atoms with E-state index in [2.05, 4.69) is 10.5 Å². The summed E-state index contributed by atoms with van der Waals surface area (Å²) in [4.78, 5) is 25.4. The van der Waals surface area contributed by atoms with E-state index in [9.17, 15) is 18.0 Å². The predicted octanol–water partition coefficient (Wildman–Crippen LogP) is 6.01. The molecule has 0 saturated carbocycles. The predicted molar refractivity (Wildman–Crippen MR) is 170 cm³/mol. The first-order chi connectivity index (χ1) is 23.1. The quantitative estimate of drug-likeness (QED) is 0.293. The number of likely N-dealkylation sites (tertiary alicyclic amines) is 1. The van der Waals surface area contributed by atoms with Crippen LogP contribution in [0.25, 0.3) is 11.5 Å². The van der Waals surface area contributed by atoms with E-state index < -0.39 is 11.7 Å². The van der Waals surface area contributed by atoms with Gasteiger partial charge in [0, 0.05) is 56.2 Å². The lowest BCUT2D eigenvalue weighted by atomic mass is 9.95. The number of rotatable bonds is 9. The van der Waals surface area contributed by atoms with Crippen LogP contribution in [0, 0.1) is 13.8 Å².